The van der Waals surface area contributed by atoms with Crippen molar-refractivity contribution in [1.29, 1.82) is 0 Å². The second kappa shape index (κ2) is 8.67. The summed E-state index contributed by atoms with van der Waals surface area (Å²) < 4.78 is 7.52. The van der Waals surface area contributed by atoms with E-state index in [1.54, 1.807) is 6.20 Å². The lowest BCUT2D eigenvalue weighted by atomic mass is 10.2. The van der Waals surface area contributed by atoms with Crippen LogP contribution in [0.25, 0.3) is 10.2 Å². The number of carbonyl (C=O) groups excluding carboxylic acids is 1. The first-order chi connectivity index (χ1) is 14.5. The fraction of sp³-hybridized carbons (Fsp3) is 0.261. The predicted molar refractivity (Wildman–Crippen MR) is 119 cm³/mol. The first-order valence-electron chi connectivity index (χ1n) is 9.90. The second-order valence-corrected chi connectivity index (χ2v) is 8.44. The van der Waals surface area contributed by atoms with Gasteiger partial charge in [0.1, 0.15) is 4.83 Å². The number of rotatable bonds is 7. The molecule has 0 radical (unpaired) electrons. The highest BCUT2D eigenvalue weighted by Crippen LogP contribution is 2.29. The maximum Gasteiger partial charge on any atom is 0.261 e. The fourth-order valence-electron chi connectivity index (χ4n) is 3.18. The number of hydrogen-bond donors (Lipinski definition) is 1. The summed E-state index contributed by atoms with van der Waals surface area (Å²) in [6, 6.07) is 15.9. The monoisotopic (exact) mass is 420 g/mol. The normalized spacial score (nSPS) is 11.2. The molecule has 0 aliphatic rings. The minimum atomic E-state index is -0.0932. The number of amides is 1. The average molecular weight is 421 g/mol. The van der Waals surface area contributed by atoms with Crippen molar-refractivity contribution >= 4 is 27.5 Å². The molecule has 1 N–H and O–H groups in total. The number of carbonyl (C=O) groups is 1. The van der Waals surface area contributed by atoms with Crippen LogP contribution in [0.5, 0.6) is 5.88 Å². The SMILES string of the molecule is Cc1nn(Cc2ccccc2)c2sc(C(=O)NCc3ccc(OC(C)C)nc3)cc12. The van der Waals surface area contributed by atoms with E-state index in [0.717, 1.165) is 21.5 Å². The molecule has 3 heterocycles. The summed E-state index contributed by atoms with van der Waals surface area (Å²) in [5.74, 6) is 0.493. The van der Waals surface area contributed by atoms with Crippen molar-refractivity contribution in [3.8, 4) is 5.88 Å². The largest absolute Gasteiger partial charge is 0.475 e. The number of fused-ring (bicyclic) bond motifs is 1. The van der Waals surface area contributed by atoms with Crippen molar-refractivity contribution in [3.63, 3.8) is 0 Å². The van der Waals surface area contributed by atoms with Gasteiger partial charge in [-0.05, 0) is 38.0 Å². The van der Waals surface area contributed by atoms with E-state index in [2.05, 4.69) is 27.5 Å². The highest BCUT2D eigenvalue weighted by molar-refractivity contribution is 7.20. The van der Waals surface area contributed by atoms with Crippen LogP contribution in [-0.4, -0.2) is 26.8 Å². The molecule has 1 amide bonds. The van der Waals surface area contributed by atoms with Crippen molar-refractivity contribution in [2.75, 3.05) is 0 Å². The summed E-state index contributed by atoms with van der Waals surface area (Å²) in [6.45, 7) is 6.99. The zero-order chi connectivity index (χ0) is 21.1. The van der Waals surface area contributed by atoms with Crippen LogP contribution in [0.4, 0.5) is 0 Å². The number of pyridine rings is 1. The summed E-state index contributed by atoms with van der Waals surface area (Å²) in [4.78, 5) is 18.7. The van der Waals surface area contributed by atoms with Gasteiger partial charge in [0.05, 0.1) is 23.2 Å². The van der Waals surface area contributed by atoms with Crippen molar-refractivity contribution in [2.24, 2.45) is 0 Å². The summed E-state index contributed by atoms with van der Waals surface area (Å²) in [7, 11) is 0. The van der Waals surface area contributed by atoms with E-state index in [9.17, 15) is 4.79 Å². The maximum atomic E-state index is 12.7. The third kappa shape index (κ3) is 4.52. The number of thiophene rings is 1. The van der Waals surface area contributed by atoms with Crippen LogP contribution in [0, 0.1) is 6.92 Å². The number of aryl methyl sites for hydroxylation is 1. The maximum absolute atomic E-state index is 12.7. The second-order valence-electron chi connectivity index (χ2n) is 7.41. The van der Waals surface area contributed by atoms with Crippen LogP contribution >= 0.6 is 11.3 Å². The van der Waals surface area contributed by atoms with Gasteiger partial charge < -0.3 is 10.1 Å². The lowest BCUT2D eigenvalue weighted by molar-refractivity contribution is 0.0955. The van der Waals surface area contributed by atoms with Crippen molar-refractivity contribution in [3.05, 3.63) is 76.4 Å². The number of aromatic nitrogens is 3. The Balaban J connectivity index is 1.45. The molecule has 0 aliphatic heterocycles. The number of benzene rings is 1. The molecule has 0 aliphatic carbocycles. The summed E-state index contributed by atoms with van der Waals surface area (Å²) >= 11 is 1.47. The molecule has 154 valence electrons. The average Bonchev–Trinajstić information content (AvgIpc) is 3.29. The molecule has 0 atom stereocenters. The van der Waals surface area contributed by atoms with E-state index in [-0.39, 0.29) is 12.0 Å². The molecule has 30 heavy (non-hydrogen) atoms. The van der Waals surface area contributed by atoms with E-state index in [1.807, 2.05) is 61.9 Å². The van der Waals surface area contributed by atoms with Gasteiger partial charge in [0.25, 0.3) is 5.91 Å². The Kier molecular flexibility index (Phi) is 5.81. The smallest absolute Gasteiger partial charge is 0.261 e. The third-order valence-electron chi connectivity index (χ3n) is 4.61. The third-order valence-corrected chi connectivity index (χ3v) is 5.76. The molecule has 0 saturated heterocycles. The number of nitrogens with zero attached hydrogens (tertiary/aromatic N) is 3. The molecule has 0 saturated carbocycles. The molecule has 3 aromatic heterocycles. The molecular weight excluding hydrogens is 396 g/mol. The van der Waals surface area contributed by atoms with Gasteiger partial charge in [0.2, 0.25) is 5.88 Å². The van der Waals surface area contributed by atoms with Crippen LogP contribution in [0.2, 0.25) is 0 Å². The quantitative estimate of drug-likeness (QED) is 0.476. The van der Waals surface area contributed by atoms with Gasteiger partial charge >= 0.3 is 0 Å². The molecule has 0 bridgehead atoms. The van der Waals surface area contributed by atoms with Crippen LogP contribution in [0.15, 0.2) is 54.7 Å². The zero-order valence-corrected chi connectivity index (χ0v) is 18.1. The van der Waals surface area contributed by atoms with Crippen molar-refractivity contribution < 1.29 is 9.53 Å². The van der Waals surface area contributed by atoms with Gasteiger partial charge in [0, 0.05) is 24.2 Å². The minimum Gasteiger partial charge on any atom is -0.475 e. The Morgan fingerprint density at radius 2 is 1.97 bits per heavy atom. The van der Waals surface area contributed by atoms with Gasteiger partial charge in [-0.3, -0.25) is 9.48 Å². The van der Waals surface area contributed by atoms with Crippen LogP contribution in [0.1, 0.15) is 40.3 Å². The van der Waals surface area contributed by atoms with Crippen molar-refractivity contribution in [2.45, 2.75) is 40.0 Å². The Hall–Kier alpha value is -3.19. The molecule has 0 spiro atoms. The van der Waals surface area contributed by atoms with Gasteiger partial charge in [-0.25, -0.2) is 4.98 Å². The minimum absolute atomic E-state index is 0.0808. The van der Waals surface area contributed by atoms with E-state index in [0.29, 0.717) is 23.8 Å². The summed E-state index contributed by atoms with van der Waals surface area (Å²) in [6.07, 6.45) is 1.81. The lowest BCUT2D eigenvalue weighted by Crippen LogP contribution is -2.21. The van der Waals surface area contributed by atoms with Gasteiger partial charge in [-0.2, -0.15) is 5.10 Å². The highest BCUT2D eigenvalue weighted by Gasteiger charge is 2.16. The number of hydrogen-bond acceptors (Lipinski definition) is 5. The van der Waals surface area contributed by atoms with E-state index < -0.39 is 0 Å². The van der Waals surface area contributed by atoms with E-state index >= 15 is 0 Å². The first kappa shape index (κ1) is 20.1. The van der Waals surface area contributed by atoms with Crippen LogP contribution < -0.4 is 10.1 Å². The van der Waals surface area contributed by atoms with Crippen molar-refractivity contribution in [1.82, 2.24) is 20.1 Å². The van der Waals surface area contributed by atoms with Gasteiger partial charge in [-0.1, -0.05) is 36.4 Å². The highest BCUT2D eigenvalue weighted by atomic mass is 32.1. The number of nitrogens with one attached hydrogen (secondary N) is 1. The summed E-state index contributed by atoms with van der Waals surface area (Å²) in [5.41, 5.74) is 3.03. The van der Waals surface area contributed by atoms with Crippen LogP contribution in [-0.2, 0) is 13.1 Å². The Morgan fingerprint density at radius 3 is 2.67 bits per heavy atom. The molecule has 4 rings (SSSR count). The Morgan fingerprint density at radius 1 is 1.17 bits per heavy atom. The molecule has 0 fully saturated rings. The summed E-state index contributed by atoms with van der Waals surface area (Å²) in [5, 5.41) is 8.64. The standard InChI is InChI=1S/C23H24N4O2S/c1-15(2)29-21-10-9-18(12-24-21)13-25-22(28)20-11-19-16(3)26-27(23(19)30-20)14-17-7-5-4-6-8-17/h4-12,15H,13-14H2,1-3H3,(H,25,28). The van der Waals surface area contributed by atoms with E-state index in [1.165, 1.54) is 16.9 Å². The Labute approximate surface area is 179 Å². The zero-order valence-electron chi connectivity index (χ0n) is 17.3. The van der Waals surface area contributed by atoms with Gasteiger partial charge in [0.15, 0.2) is 0 Å². The predicted octanol–water partition coefficient (Wildman–Crippen LogP) is 4.57. The van der Waals surface area contributed by atoms with Gasteiger partial charge in [-0.15, -0.1) is 11.3 Å². The molecule has 1 aromatic carbocycles. The van der Waals surface area contributed by atoms with Crippen LogP contribution in [0.3, 0.4) is 0 Å². The molecular formula is C23H24N4O2S. The molecule has 6 nitrogen and oxygen atoms in total. The topological polar surface area (TPSA) is 69.0 Å². The number of ether oxygens (including phenoxy) is 1. The molecule has 0 unspecified atom stereocenters. The lowest BCUT2D eigenvalue weighted by Gasteiger charge is -2.09. The van der Waals surface area contributed by atoms with E-state index in [4.69, 9.17) is 4.74 Å². The first-order valence-corrected chi connectivity index (χ1v) is 10.7. The Bertz CT molecular complexity index is 1150. The molecule has 4 aromatic rings. The molecule has 7 heteroatoms. The fourth-order valence-corrected chi connectivity index (χ4v) is 4.26.